The minimum absolute atomic E-state index is 0.0426. The molecule has 2 aliphatic carbocycles. The van der Waals surface area contributed by atoms with Gasteiger partial charge in [-0.2, -0.15) is 0 Å². The molecule has 0 radical (unpaired) electrons. The van der Waals surface area contributed by atoms with Gasteiger partial charge < -0.3 is 15.3 Å². The first kappa shape index (κ1) is 14.3. The number of amides is 2. The monoisotopic (exact) mass is 268 g/mol. The second-order valence-electron chi connectivity index (χ2n) is 6.00. The molecular weight excluding hydrogens is 244 g/mol. The summed E-state index contributed by atoms with van der Waals surface area (Å²) in [5.74, 6) is 0.400. The number of hydrogen-bond acceptors (Lipinski definition) is 3. The molecule has 2 rings (SSSR count). The summed E-state index contributed by atoms with van der Waals surface area (Å²) < 4.78 is 0. The number of nitrogens with one attached hydrogen (secondary N) is 1. The highest BCUT2D eigenvalue weighted by atomic mass is 16.3. The van der Waals surface area contributed by atoms with E-state index in [2.05, 4.69) is 5.32 Å². The van der Waals surface area contributed by atoms with Gasteiger partial charge in [-0.3, -0.25) is 9.59 Å². The Bertz CT molecular complexity index is 349. The average molecular weight is 268 g/mol. The summed E-state index contributed by atoms with van der Waals surface area (Å²) in [6.07, 6.45) is 5.74. The van der Waals surface area contributed by atoms with Crippen LogP contribution < -0.4 is 5.32 Å². The molecule has 0 bridgehead atoms. The lowest BCUT2D eigenvalue weighted by molar-refractivity contribution is -0.136. The third-order valence-corrected chi connectivity index (χ3v) is 4.06. The van der Waals surface area contributed by atoms with Crippen LogP contribution in [0.25, 0.3) is 0 Å². The maximum Gasteiger partial charge on any atom is 0.223 e. The van der Waals surface area contributed by atoms with Crippen molar-refractivity contribution in [2.45, 2.75) is 50.5 Å². The summed E-state index contributed by atoms with van der Waals surface area (Å²) in [4.78, 5) is 24.8. The van der Waals surface area contributed by atoms with Gasteiger partial charge in [0, 0.05) is 32.5 Å². The Balaban J connectivity index is 1.56. The fourth-order valence-corrected chi connectivity index (χ4v) is 2.40. The molecule has 19 heavy (non-hydrogen) atoms. The fourth-order valence-electron chi connectivity index (χ4n) is 2.40. The summed E-state index contributed by atoms with van der Waals surface area (Å²) in [7, 11) is 1.74. The quantitative estimate of drug-likeness (QED) is 0.667. The van der Waals surface area contributed by atoms with Crippen molar-refractivity contribution < 1.29 is 14.7 Å². The van der Waals surface area contributed by atoms with E-state index < -0.39 is 5.60 Å². The molecule has 0 spiro atoms. The van der Waals surface area contributed by atoms with Gasteiger partial charge in [-0.25, -0.2) is 0 Å². The molecule has 5 nitrogen and oxygen atoms in total. The normalized spacial score (nSPS) is 20.5. The van der Waals surface area contributed by atoms with E-state index in [9.17, 15) is 14.7 Å². The smallest absolute Gasteiger partial charge is 0.223 e. The maximum atomic E-state index is 11.9. The van der Waals surface area contributed by atoms with Crippen LogP contribution in [0.4, 0.5) is 0 Å². The Morgan fingerprint density at radius 2 is 2.05 bits per heavy atom. The van der Waals surface area contributed by atoms with E-state index in [1.165, 1.54) is 0 Å². The van der Waals surface area contributed by atoms with Crippen molar-refractivity contribution in [2.24, 2.45) is 5.92 Å². The lowest BCUT2D eigenvalue weighted by Crippen LogP contribution is -2.48. The summed E-state index contributed by atoms with van der Waals surface area (Å²) in [5, 5.41) is 12.8. The van der Waals surface area contributed by atoms with Gasteiger partial charge in [-0.05, 0) is 38.5 Å². The van der Waals surface area contributed by atoms with Crippen LogP contribution in [0, 0.1) is 5.92 Å². The second-order valence-corrected chi connectivity index (χ2v) is 6.00. The highest BCUT2D eigenvalue weighted by molar-refractivity contribution is 5.81. The average Bonchev–Trinajstić information content (AvgIpc) is 3.16. The molecule has 0 saturated heterocycles. The first-order valence-corrected chi connectivity index (χ1v) is 7.24. The van der Waals surface area contributed by atoms with E-state index in [0.29, 0.717) is 25.9 Å². The molecule has 0 aliphatic heterocycles. The molecule has 2 amide bonds. The number of carbonyl (C=O) groups is 2. The predicted octanol–water partition coefficient (Wildman–Crippen LogP) is 0.666. The second kappa shape index (κ2) is 5.90. The van der Waals surface area contributed by atoms with Crippen molar-refractivity contribution in [3.8, 4) is 0 Å². The molecule has 0 unspecified atom stereocenters. The number of rotatable bonds is 7. The summed E-state index contributed by atoms with van der Waals surface area (Å²) in [6, 6.07) is 0. The zero-order valence-corrected chi connectivity index (χ0v) is 11.7. The van der Waals surface area contributed by atoms with E-state index in [1.54, 1.807) is 11.9 Å². The van der Waals surface area contributed by atoms with Crippen molar-refractivity contribution in [3.05, 3.63) is 0 Å². The van der Waals surface area contributed by atoms with Gasteiger partial charge in [0.25, 0.3) is 0 Å². The Labute approximate surface area is 114 Å². The van der Waals surface area contributed by atoms with E-state index in [1.807, 2.05) is 0 Å². The van der Waals surface area contributed by atoms with Gasteiger partial charge in [-0.15, -0.1) is 0 Å². The largest absolute Gasteiger partial charge is 0.388 e. The molecule has 2 saturated carbocycles. The Hall–Kier alpha value is -1.10. The van der Waals surface area contributed by atoms with Crippen molar-refractivity contribution in [1.29, 1.82) is 0 Å². The minimum Gasteiger partial charge on any atom is -0.388 e. The highest BCUT2D eigenvalue weighted by Crippen LogP contribution is 2.32. The lowest BCUT2D eigenvalue weighted by Gasteiger charge is -2.39. The van der Waals surface area contributed by atoms with Crippen LogP contribution in [0.3, 0.4) is 0 Å². The van der Waals surface area contributed by atoms with Gasteiger partial charge in [0.2, 0.25) is 11.8 Å². The zero-order valence-electron chi connectivity index (χ0n) is 11.7. The Morgan fingerprint density at radius 3 is 2.58 bits per heavy atom. The molecular formula is C14H24N2O3. The Morgan fingerprint density at radius 1 is 1.37 bits per heavy atom. The highest BCUT2D eigenvalue weighted by Gasteiger charge is 2.36. The van der Waals surface area contributed by atoms with E-state index in [4.69, 9.17) is 0 Å². The third-order valence-electron chi connectivity index (χ3n) is 4.06. The van der Waals surface area contributed by atoms with E-state index in [0.717, 1.165) is 32.1 Å². The van der Waals surface area contributed by atoms with Crippen molar-refractivity contribution in [3.63, 3.8) is 0 Å². The topological polar surface area (TPSA) is 69.6 Å². The van der Waals surface area contributed by atoms with E-state index in [-0.39, 0.29) is 17.7 Å². The molecule has 0 aromatic heterocycles. The number of hydrogen-bond donors (Lipinski definition) is 2. The molecule has 5 heteroatoms. The first-order chi connectivity index (χ1) is 9.00. The van der Waals surface area contributed by atoms with Crippen LogP contribution in [0.1, 0.15) is 44.9 Å². The van der Waals surface area contributed by atoms with Crippen LogP contribution in [-0.4, -0.2) is 47.6 Å². The molecule has 2 fully saturated rings. The molecule has 2 aliphatic rings. The number of carbonyl (C=O) groups excluding carboxylic acids is 2. The summed E-state index contributed by atoms with van der Waals surface area (Å²) in [6.45, 7) is 0.999. The van der Waals surface area contributed by atoms with Crippen LogP contribution in [0.5, 0.6) is 0 Å². The molecule has 0 aromatic carbocycles. The van der Waals surface area contributed by atoms with Crippen LogP contribution >= 0.6 is 0 Å². The summed E-state index contributed by atoms with van der Waals surface area (Å²) >= 11 is 0. The van der Waals surface area contributed by atoms with Crippen LogP contribution in [-0.2, 0) is 9.59 Å². The van der Waals surface area contributed by atoms with Gasteiger partial charge >= 0.3 is 0 Å². The fraction of sp³-hybridized carbons (Fsp3) is 0.857. The predicted molar refractivity (Wildman–Crippen MR) is 71.4 cm³/mol. The molecule has 2 N–H and O–H groups in total. The lowest BCUT2D eigenvalue weighted by atomic mass is 9.80. The van der Waals surface area contributed by atoms with Gasteiger partial charge in [0.05, 0.1) is 5.60 Å². The summed E-state index contributed by atoms with van der Waals surface area (Å²) in [5.41, 5.74) is -0.648. The first-order valence-electron chi connectivity index (χ1n) is 7.24. The number of likely N-dealkylation sites (N-methyl/N-ethyl adjacent to an activating group) is 1. The molecule has 0 heterocycles. The molecule has 108 valence electrons. The zero-order chi connectivity index (χ0) is 13.9. The molecule has 0 aromatic rings. The van der Waals surface area contributed by atoms with Crippen LogP contribution in [0.15, 0.2) is 0 Å². The SMILES string of the molecule is CN(CC1(O)CCC1)C(=O)CCCNC(=O)C1CC1. The number of aliphatic hydroxyl groups is 1. The van der Waals surface area contributed by atoms with E-state index >= 15 is 0 Å². The maximum absolute atomic E-state index is 11.9. The van der Waals surface area contributed by atoms with Crippen molar-refractivity contribution in [2.75, 3.05) is 20.1 Å². The van der Waals surface area contributed by atoms with Gasteiger partial charge in [0.1, 0.15) is 0 Å². The van der Waals surface area contributed by atoms with Gasteiger partial charge in [0.15, 0.2) is 0 Å². The Kier molecular flexibility index (Phi) is 4.45. The van der Waals surface area contributed by atoms with Crippen molar-refractivity contribution in [1.82, 2.24) is 10.2 Å². The standard InChI is InChI=1S/C14H24N2O3/c1-16(10-14(19)7-3-8-14)12(17)4-2-9-15-13(18)11-5-6-11/h11,19H,2-10H2,1H3,(H,15,18). The van der Waals surface area contributed by atoms with Gasteiger partial charge in [-0.1, -0.05) is 0 Å². The third kappa shape index (κ3) is 4.20. The number of nitrogens with zero attached hydrogens (tertiary/aromatic N) is 1. The van der Waals surface area contributed by atoms with Crippen molar-refractivity contribution >= 4 is 11.8 Å². The minimum atomic E-state index is -0.648. The molecule has 0 atom stereocenters. The van der Waals surface area contributed by atoms with Crippen LogP contribution in [0.2, 0.25) is 0 Å².